The van der Waals surface area contributed by atoms with Crippen molar-refractivity contribution in [3.05, 3.63) is 0 Å². The van der Waals surface area contributed by atoms with E-state index in [9.17, 15) is 0 Å². The van der Waals surface area contributed by atoms with Gasteiger partial charge >= 0.3 is 0 Å². The van der Waals surface area contributed by atoms with Crippen LogP contribution in [0.2, 0.25) is 0 Å². The molecule has 1 spiro atoms. The van der Waals surface area contributed by atoms with E-state index >= 15 is 0 Å². The van der Waals surface area contributed by atoms with Crippen molar-refractivity contribution >= 4 is 11.8 Å². The summed E-state index contributed by atoms with van der Waals surface area (Å²) in [6.45, 7) is 7.97. The van der Waals surface area contributed by atoms with E-state index in [1.54, 1.807) is 0 Å². The Morgan fingerprint density at radius 1 is 1.25 bits per heavy atom. The third-order valence-electron chi connectivity index (χ3n) is 5.61. The largest absolute Gasteiger partial charge is 0.378 e. The Hall–Kier alpha value is 0.230. The molecule has 0 aromatic carbocycles. The third-order valence-corrected chi connectivity index (χ3v) is 6.55. The summed E-state index contributed by atoms with van der Waals surface area (Å²) in [7, 11) is 0. The van der Waals surface area contributed by atoms with Gasteiger partial charge in [0.2, 0.25) is 0 Å². The van der Waals surface area contributed by atoms with Crippen molar-refractivity contribution in [1.29, 1.82) is 0 Å². The van der Waals surface area contributed by atoms with Crippen LogP contribution in [0.4, 0.5) is 0 Å². The molecule has 0 bridgehead atoms. The fourth-order valence-corrected chi connectivity index (χ4v) is 5.37. The molecule has 0 radical (unpaired) electrons. The first-order valence-corrected chi connectivity index (χ1v) is 9.66. The lowest BCUT2D eigenvalue weighted by atomic mass is 9.60. The number of hydrogen-bond acceptors (Lipinski definition) is 4. The Labute approximate surface area is 128 Å². The normalized spacial score (nSPS) is 33.5. The van der Waals surface area contributed by atoms with Gasteiger partial charge in [-0.15, -0.1) is 0 Å². The van der Waals surface area contributed by atoms with Crippen molar-refractivity contribution in [3.63, 3.8) is 0 Å². The molecule has 4 heteroatoms. The highest BCUT2D eigenvalue weighted by molar-refractivity contribution is 7.99. The topological polar surface area (TPSA) is 24.5 Å². The standard InChI is InChI=1S/C16H30N2OS/c1-2-19-15-13-14(16(15)5-3-4-6-16)17-7-8-18-9-11-20-12-10-18/h14-15,17H,2-13H2,1H3. The van der Waals surface area contributed by atoms with Crippen molar-refractivity contribution in [2.45, 2.75) is 51.2 Å². The Bertz CT molecular complexity index is 301. The maximum Gasteiger partial charge on any atom is 0.0661 e. The summed E-state index contributed by atoms with van der Waals surface area (Å²) in [5, 5.41) is 3.86. The van der Waals surface area contributed by atoms with Gasteiger partial charge in [0.25, 0.3) is 0 Å². The first kappa shape index (κ1) is 15.1. The van der Waals surface area contributed by atoms with Crippen LogP contribution in [0.3, 0.4) is 0 Å². The highest BCUT2D eigenvalue weighted by Gasteiger charge is 2.56. The van der Waals surface area contributed by atoms with E-state index in [-0.39, 0.29) is 0 Å². The SMILES string of the molecule is CCOC1CC(NCCN2CCSCC2)C12CCCC2. The summed E-state index contributed by atoms with van der Waals surface area (Å²) >= 11 is 2.10. The molecule has 0 amide bonds. The second kappa shape index (κ2) is 6.99. The van der Waals surface area contributed by atoms with E-state index in [1.165, 1.54) is 63.2 Å². The molecule has 2 atom stereocenters. The van der Waals surface area contributed by atoms with Gasteiger partial charge < -0.3 is 15.0 Å². The molecule has 2 aliphatic carbocycles. The van der Waals surface area contributed by atoms with Crippen LogP contribution in [0.25, 0.3) is 0 Å². The van der Waals surface area contributed by atoms with E-state index in [2.05, 4.69) is 28.9 Å². The average molecular weight is 298 g/mol. The third kappa shape index (κ3) is 3.03. The summed E-state index contributed by atoms with van der Waals surface area (Å²) in [6.07, 6.45) is 7.37. The average Bonchev–Trinajstić information content (AvgIpc) is 2.99. The zero-order valence-corrected chi connectivity index (χ0v) is 13.7. The quantitative estimate of drug-likeness (QED) is 0.813. The van der Waals surface area contributed by atoms with Crippen LogP contribution in [0, 0.1) is 5.41 Å². The van der Waals surface area contributed by atoms with Crippen molar-refractivity contribution in [3.8, 4) is 0 Å². The van der Waals surface area contributed by atoms with Crippen LogP contribution in [-0.4, -0.2) is 61.3 Å². The smallest absolute Gasteiger partial charge is 0.0661 e. The molecule has 1 saturated heterocycles. The zero-order chi connectivity index (χ0) is 13.8. The lowest BCUT2D eigenvalue weighted by Crippen LogP contribution is -2.63. The van der Waals surface area contributed by atoms with Crippen molar-refractivity contribution < 1.29 is 4.74 Å². The summed E-state index contributed by atoms with van der Waals surface area (Å²) < 4.78 is 5.99. The van der Waals surface area contributed by atoms with Crippen LogP contribution in [-0.2, 0) is 4.74 Å². The highest BCUT2D eigenvalue weighted by atomic mass is 32.2. The van der Waals surface area contributed by atoms with Gasteiger partial charge in [-0.05, 0) is 26.2 Å². The molecule has 1 N–H and O–H groups in total. The van der Waals surface area contributed by atoms with Crippen LogP contribution in [0.1, 0.15) is 39.0 Å². The maximum absolute atomic E-state index is 5.99. The van der Waals surface area contributed by atoms with Crippen LogP contribution in [0.5, 0.6) is 0 Å². The van der Waals surface area contributed by atoms with Crippen LogP contribution < -0.4 is 5.32 Å². The van der Waals surface area contributed by atoms with Gasteiger partial charge in [0.15, 0.2) is 0 Å². The van der Waals surface area contributed by atoms with Gasteiger partial charge in [0.05, 0.1) is 6.10 Å². The number of hydrogen-bond donors (Lipinski definition) is 1. The maximum atomic E-state index is 5.99. The zero-order valence-electron chi connectivity index (χ0n) is 12.9. The summed E-state index contributed by atoms with van der Waals surface area (Å²) in [4.78, 5) is 2.61. The lowest BCUT2D eigenvalue weighted by Gasteiger charge is -2.54. The van der Waals surface area contributed by atoms with Gasteiger partial charge in [0, 0.05) is 55.7 Å². The Morgan fingerprint density at radius 3 is 2.70 bits per heavy atom. The van der Waals surface area contributed by atoms with Gasteiger partial charge in [0.1, 0.15) is 0 Å². The predicted molar refractivity (Wildman–Crippen MR) is 86.5 cm³/mol. The second-order valence-electron chi connectivity index (χ2n) is 6.58. The van der Waals surface area contributed by atoms with Gasteiger partial charge in [-0.25, -0.2) is 0 Å². The summed E-state index contributed by atoms with van der Waals surface area (Å²) in [5.74, 6) is 2.64. The van der Waals surface area contributed by atoms with Crippen LogP contribution in [0.15, 0.2) is 0 Å². The van der Waals surface area contributed by atoms with E-state index < -0.39 is 0 Å². The molecule has 0 aromatic heterocycles. The molecule has 3 nitrogen and oxygen atoms in total. The van der Waals surface area contributed by atoms with Gasteiger partial charge in [-0.3, -0.25) is 0 Å². The first-order chi connectivity index (χ1) is 9.85. The van der Waals surface area contributed by atoms with E-state index in [0.717, 1.165) is 19.2 Å². The number of nitrogens with one attached hydrogen (secondary N) is 1. The van der Waals surface area contributed by atoms with E-state index in [0.29, 0.717) is 11.5 Å². The minimum absolute atomic E-state index is 0.494. The molecule has 2 unspecified atom stereocenters. The summed E-state index contributed by atoms with van der Waals surface area (Å²) in [5.41, 5.74) is 0.494. The van der Waals surface area contributed by atoms with Crippen molar-refractivity contribution in [1.82, 2.24) is 10.2 Å². The van der Waals surface area contributed by atoms with E-state index in [1.807, 2.05) is 0 Å². The van der Waals surface area contributed by atoms with Gasteiger partial charge in [-0.1, -0.05) is 12.8 Å². The fraction of sp³-hybridized carbons (Fsp3) is 1.00. The molecule has 3 aliphatic rings. The number of rotatable bonds is 6. The molecule has 20 heavy (non-hydrogen) atoms. The Kier molecular flexibility index (Phi) is 5.29. The predicted octanol–water partition coefficient (Wildman–Crippen LogP) is 2.36. The fourth-order valence-electron chi connectivity index (χ4n) is 4.39. The molecular weight excluding hydrogens is 268 g/mol. The van der Waals surface area contributed by atoms with Crippen molar-refractivity contribution in [2.24, 2.45) is 5.41 Å². The molecule has 3 fully saturated rings. The second-order valence-corrected chi connectivity index (χ2v) is 7.81. The Balaban J connectivity index is 1.43. The number of nitrogens with zero attached hydrogens (tertiary/aromatic N) is 1. The minimum Gasteiger partial charge on any atom is -0.378 e. The first-order valence-electron chi connectivity index (χ1n) is 8.50. The molecule has 2 saturated carbocycles. The van der Waals surface area contributed by atoms with E-state index in [4.69, 9.17) is 4.74 Å². The monoisotopic (exact) mass is 298 g/mol. The minimum atomic E-state index is 0.494. The molecule has 3 rings (SSSR count). The van der Waals surface area contributed by atoms with Gasteiger partial charge in [-0.2, -0.15) is 11.8 Å². The van der Waals surface area contributed by atoms with Crippen molar-refractivity contribution in [2.75, 3.05) is 44.3 Å². The molecule has 0 aromatic rings. The lowest BCUT2D eigenvalue weighted by molar-refractivity contribution is -0.130. The number of ether oxygens (including phenoxy) is 1. The highest BCUT2D eigenvalue weighted by Crippen LogP contribution is 2.54. The molecule has 116 valence electrons. The molecular formula is C16H30N2OS. The summed E-state index contributed by atoms with van der Waals surface area (Å²) in [6, 6.07) is 0.723. The van der Waals surface area contributed by atoms with Crippen LogP contribution >= 0.6 is 11.8 Å². The Morgan fingerprint density at radius 2 is 2.00 bits per heavy atom. The molecule has 1 aliphatic heterocycles. The number of thioether (sulfide) groups is 1. The molecule has 1 heterocycles.